The molecule has 0 fully saturated rings. The van der Waals surface area contributed by atoms with E-state index in [-0.39, 0.29) is 18.2 Å². The molecule has 0 saturated carbocycles. The Kier molecular flexibility index (Phi) is 2.87. The van der Waals surface area contributed by atoms with E-state index in [1.807, 2.05) is 0 Å². The number of amidine groups is 1. The van der Waals surface area contributed by atoms with E-state index >= 15 is 0 Å². The molecular weight excluding hydrogens is 210 g/mol. The first kappa shape index (κ1) is 12.4. The third-order valence-electron chi connectivity index (χ3n) is 2.91. The molecule has 0 radical (unpaired) electrons. The summed E-state index contributed by atoms with van der Waals surface area (Å²) < 4.78 is 4.78. The van der Waals surface area contributed by atoms with Crippen molar-refractivity contribution in [1.29, 1.82) is 5.41 Å². The monoisotopic (exact) mass is 225 g/mol. The van der Waals surface area contributed by atoms with Crippen molar-refractivity contribution >= 4 is 18.2 Å². The van der Waals surface area contributed by atoms with E-state index < -0.39 is 11.3 Å². The highest BCUT2D eigenvalue weighted by molar-refractivity contribution is 6.14. The number of rotatable bonds is 4. The maximum absolute atomic E-state index is 11.6. The van der Waals surface area contributed by atoms with Gasteiger partial charge >= 0.3 is 0 Å². The lowest BCUT2D eigenvalue weighted by Gasteiger charge is -2.45. The Morgan fingerprint density at radius 3 is 2.38 bits per heavy atom. The van der Waals surface area contributed by atoms with E-state index in [1.165, 1.54) is 24.0 Å². The average Bonchev–Trinajstić information content (AvgIpc) is 2.45. The molecule has 1 rings (SSSR count). The molecule has 16 heavy (non-hydrogen) atoms. The predicted molar refractivity (Wildman–Crippen MR) is 57.5 cm³/mol. The van der Waals surface area contributed by atoms with Crippen molar-refractivity contribution in [2.24, 2.45) is 5.73 Å². The summed E-state index contributed by atoms with van der Waals surface area (Å²) in [7, 11) is 0. The van der Waals surface area contributed by atoms with Crippen molar-refractivity contribution in [2.45, 2.75) is 32.0 Å². The van der Waals surface area contributed by atoms with Gasteiger partial charge < -0.3 is 4.74 Å². The first-order valence-corrected chi connectivity index (χ1v) is 4.75. The normalized spacial score (nSPS) is 19.9. The summed E-state index contributed by atoms with van der Waals surface area (Å²) in [4.78, 5) is 23.1. The molecule has 1 heterocycles. The smallest absolute Gasteiger partial charge is 0.294 e. The first-order chi connectivity index (χ1) is 7.24. The zero-order valence-corrected chi connectivity index (χ0v) is 9.48. The zero-order chi connectivity index (χ0) is 12.6. The van der Waals surface area contributed by atoms with Crippen molar-refractivity contribution in [3.63, 3.8) is 0 Å². The van der Waals surface area contributed by atoms with Crippen LogP contribution in [0.5, 0.6) is 0 Å². The van der Waals surface area contributed by atoms with Gasteiger partial charge in [0.2, 0.25) is 0 Å². The molecule has 3 N–H and O–H groups in total. The van der Waals surface area contributed by atoms with Gasteiger partial charge in [-0.15, -0.1) is 0 Å². The maximum atomic E-state index is 11.6. The molecular formula is C10H15N3O3. The number of carbonyl (C=O) groups is 2. The Bertz CT molecular complexity index is 354. The van der Waals surface area contributed by atoms with E-state index in [4.69, 9.17) is 15.9 Å². The van der Waals surface area contributed by atoms with Crippen molar-refractivity contribution < 1.29 is 14.3 Å². The molecule has 0 spiro atoms. The summed E-state index contributed by atoms with van der Waals surface area (Å²) in [6.45, 7) is 4.99. The summed E-state index contributed by atoms with van der Waals surface area (Å²) in [6.07, 6.45) is 2.65. The first-order valence-electron chi connectivity index (χ1n) is 4.75. The van der Waals surface area contributed by atoms with Gasteiger partial charge in [-0.1, -0.05) is 0 Å². The van der Waals surface area contributed by atoms with E-state index in [2.05, 4.69) is 0 Å². The Balaban J connectivity index is 3.06. The lowest BCUT2D eigenvalue weighted by atomic mass is 9.90. The topological polar surface area (TPSA) is 96.5 Å². The number of amides is 1. The Morgan fingerprint density at radius 2 is 2.00 bits per heavy atom. The summed E-state index contributed by atoms with van der Waals surface area (Å²) in [5.74, 6) is -0.317. The van der Waals surface area contributed by atoms with Gasteiger partial charge in [0.25, 0.3) is 12.4 Å². The molecule has 0 aromatic rings. The van der Waals surface area contributed by atoms with Crippen LogP contribution in [0.1, 0.15) is 20.8 Å². The Hall–Kier alpha value is -1.69. The fourth-order valence-electron chi connectivity index (χ4n) is 1.46. The number of nitrogens with two attached hydrogens (primary N) is 1. The molecule has 0 aromatic carbocycles. The highest BCUT2D eigenvalue weighted by atomic mass is 16.6. The fraction of sp³-hybridized carbons (Fsp3) is 0.500. The van der Waals surface area contributed by atoms with Gasteiger partial charge in [-0.25, -0.2) is 0 Å². The van der Waals surface area contributed by atoms with Gasteiger partial charge in [0.05, 0.1) is 5.54 Å². The van der Waals surface area contributed by atoms with Crippen LogP contribution in [-0.4, -0.2) is 34.4 Å². The van der Waals surface area contributed by atoms with Crippen LogP contribution in [0.4, 0.5) is 0 Å². The van der Waals surface area contributed by atoms with Crippen LogP contribution < -0.4 is 5.73 Å². The highest BCUT2D eigenvalue weighted by Crippen LogP contribution is 2.29. The van der Waals surface area contributed by atoms with Crippen molar-refractivity contribution in [3.8, 4) is 0 Å². The van der Waals surface area contributed by atoms with Gasteiger partial charge in [-0.05, 0) is 26.8 Å². The minimum absolute atomic E-state index is 0.0289. The van der Waals surface area contributed by atoms with Crippen LogP contribution in [0.2, 0.25) is 0 Å². The highest BCUT2D eigenvalue weighted by Gasteiger charge is 2.48. The van der Waals surface area contributed by atoms with Crippen LogP contribution in [0.25, 0.3) is 0 Å². The molecule has 1 aliphatic heterocycles. The fourth-order valence-corrected chi connectivity index (χ4v) is 1.46. The molecule has 1 atom stereocenters. The summed E-state index contributed by atoms with van der Waals surface area (Å²) >= 11 is 0. The van der Waals surface area contributed by atoms with E-state index in [9.17, 15) is 9.59 Å². The molecule has 1 unspecified atom stereocenters. The molecule has 6 nitrogen and oxygen atoms in total. The van der Waals surface area contributed by atoms with Gasteiger partial charge in [-0.2, -0.15) is 0 Å². The molecule has 6 heteroatoms. The number of hydrogen-bond donors (Lipinski definition) is 2. The predicted octanol–water partition coefficient (Wildman–Crippen LogP) is -0.0114. The summed E-state index contributed by atoms with van der Waals surface area (Å²) in [6, 6.07) is 0. The van der Waals surface area contributed by atoms with Crippen molar-refractivity contribution in [2.75, 3.05) is 0 Å². The van der Waals surface area contributed by atoms with E-state index in [1.54, 1.807) is 13.8 Å². The average molecular weight is 225 g/mol. The standard InChI is InChI=1S/C10H15N3O3/c1-9(2,10(3,12)16-6-14)13-7(11)4-5-8(13)15/h4-6,11H,12H2,1-3H3. The van der Waals surface area contributed by atoms with Gasteiger partial charge in [0.1, 0.15) is 5.84 Å². The van der Waals surface area contributed by atoms with E-state index in [0.717, 1.165) is 0 Å². The second-order valence-electron chi connectivity index (χ2n) is 4.27. The lowest BCUT2D eigenvalue weighted by Crippen LogP contribution is -2.66. The number of carbonyl (C=O) groups excluding carboxylic acids is 2. The largest absolute Gasteiger partial charge is 0.444 e. The minimum Gasteiger partial charge on any atom is -0.444 e. The second kappa shape index (κ2) is 3.71. The summed E-state index contributed by atoms with van der Waals surface area (Å²) in [5, 5.41) is 7.62. The van der Waals surface area contributed by atoms with Gasteiger partial charge in [0.15, 0.2) is 5.72 Å². The second-order valence-corrected chi connectivity index (χ2v) is 4.27. The maximum Gasteiger partial charge on any atom is 0.294 e. The molecule has 0 bridgehead atoms. The number of nitrogens with zero attached hydrogens (tertiary/aromatic N) is 1. The summed E-state index contributed by atoms with van der Waals surface area (Å²) in [5.41, 5.74) is 3.46. The number of hydrogen-bond acceptors (Lipinski definition) is 5. The quantitative estimate of drug-likeness (QED) is 0.519. The molecule has 0 aliphatic carbocycles. The minimum atomic E-state index is -1.37. The van der Waals surface area contributed by atoms with Crippen LogP contribution in [0.15, 0.2) is 12.2 Å². The number of nitrogens with one attached hydrogen (secondary N) is 1. The van der Waals surface area contributed by atoms with Crippen molar-refractivity contribution in [3.05, 3.63) is 12.2 Å². The molecule has 0 saturated heterocycles. The third-order valence-corrected chi connectivity index (χ3v) is 2.91. The van der Waals surface area contributed by atoms with Crippen LogP contribution >= 0.6 is 0 Å². The number of ether oxygens (including phenoxy) is 1. The SMILES string of the molecule is CC(N)(OC=O)C(C)(C)N1C(=N)C=CC1=O. The van der Waals surface area contributed by atoms with E-state index in [0.29, 0.717) is 0 Å². The lowest BCUT2D eigenvalue weighted by molar-refractivity contribution is -0.158. The van der Waals surface area contributed by atoms with Crippen LogP contribution in [0.3, 0.4) is 0 Å². The Morgan fingerprint density at radius 1 is 1.44 bits per heavy atom. The van der Waals surface area contributed by atoms with Crippen LogP contribution in [-0.2, 0) is 14.3 Å². The zero-order valence-electron chi connectivity index (χ0n) is 9.48. The van der Waals surface area contributed by atoms with Crippen LogP contribution in [0, 0.1) is 5.41 Å². The molecule has 1 aliphatic rings. The van der Waals surface area contributed by atoms with Gasteiger partial charge in [0, 0.05) is 6.08 Å². The van der Waals surface area contributed by atoms with Crippen molar-refractivity contribution in [1.82, 2.24) is 4.90 Å². The third kappa shape index (κ3) is 1.71. The molecule has 1 amide bonds. The Labute approximate surface area is 93.5 Å². The van der Waals surface area contributed by atoms with Gasteiger partial charge in [-0.3, -0.25) is 25.6 Å². The molecule has 0 aromatic heterocycles. The molecule has 88 valence electrons.